The molecule has 2 heterocycles. The number of hydrogen-bond donors (Lipinski definition) is 1. The van der Waals surface area contributed by atoms with Gasteiger partial charge in [-0.1, -0.05) is 0 Å². The van der Waals surface area contributed by atoms with Crippen LogP contribution in [0.15, 0.2) is 4.47 Å². The zero-order valence-corrected chi connectivity index (χ0v) is 10.2. The van der Waals surface area contributed by atoms with Crippen molar-refractivity contribution in [3.05, 3.63) is 15.9 Å². The Morgan fingerprint density at radius 1 is 1.69 bits per heavy atom. The summed E-state index contributed by atoms with van der Waals surface area (Å²) in [5.41, 5.74) is 0.517. The van der Waals surface area contributed by atoms with Crippen LogP contribution in [0.1, 0.15) is 27.9 Å². The van der Waals surface area contributed by atoms with Crippen LogP contribution in [0.2, 0.25) is 0 Å². The maximum absolute atomic E-state index is 11.5. The maximum Gasteiger partial charge on any atom is 0.360 e. The molecule has 0 saturated heterocycles. The van der Waals surface area contributed by atoms with Crippen molar-refractivity contribution in [3.63, 3.8) is 0 Å². The first-order valence-corrected chi connectivity index (χ1v) is 5.66. The van der Waals surface area contributed by atoms with Crippen LogP contribution in [0.25, 0.3) is 0 Å². The van der Waals surface area contributed by atoms with Crippen molar-refractivity contribution in [1.29, 1.82) is 0 Å². The number of carbonyl (C=O) groups is 2. The van der Waals surface area contributed by atoms with E-state index in [1.54, 1.807) is 6.92 Å². The highest BCUT2D eigenvalue weighted by molar-refractivity contribution is 9.10. The van der Waals surface area contributed by atoms with Crippen LogP contribution in [-0.2, 0) is 11.3 Å². The van der Waals surface area contributed by atoms with E-state index in [0.29, 0.717) is 23.3 Å². The molecule has 1 N–H and O–H groups in total. The second-order valence-electron chi connectivity index (χ2n) is 3.21. The van der Waals surface area contributed by atoms with Crippen LogP contribution >= 0.6 is 15.9 Å². The zero-order valence-electron chi connectivity index (χ0n) is 8.62. The highest BCUT2D eigenvalue weighted by atomic mass is 79.9. The number of rotatable bonds is 2. The average molecular weight is 288 g/mol. The fourth-order valence-electron chi connectivity index (χ4n) is 1.51. The molecule has 6 nitrogen and oxygen atoms in total. The molecule has 0 radical (unpaired) electrons. The summed E-state index contributed by atoms with van der Waals surface area (Å²) in [6.45, 7) is 3.06. The average Bonchev–Trinajstić information content (AvgIpc) is 2.58. The maximum atomic E-state index is 11.5. The number of amides is 1. The molecule has 0 spiro atoms. The van der Waals surface area contributed by atoms with E-state index >= 15 is 0 Å². The second kappa shape index (κ2) is 4.25. The molecule has 2 rings (SSSR count). The van der Waals surface area contributed by atoms with Gasteiger partial charge in [0.1, 0.15) is 5.69 Å². The Morgan fingerprint density at radius 3 is 3.06 bits per heavy atom. The number of nitrogens with one attached hydrogen (secondary N) is 1. The molecular formula is C9H10BrN3O3. The summed E-state index contributed by atoms with van der Waals surface area (Å²) in [5.74, 6) is -0.759. The van der Waals surface area contributed by atoms with Gasteiger partial charge in [0.25, 0.3) is 5.91 Å². The van der Waals surface area contributed by atoms with Gasteiger partial charge in [0, 0.05) is 6.54 Å². The van der Waals surface area contributed by atoms with Crippen LogP contribution in [0, 0.1) is 0 Å². The number of hydrogen-bond acceptors (Lipinski definition) is 4. The lowest BCUT2D eigenvalue weighted by atomic mass is 10.3. The van der Waals surface area contributed by atoms with Crippen LogP contribution in [-0.4, -0.2) is 34.8 Å². The fraction of sp³-hybridized carbons (Fsp3) is 0.444. The first-order valence-electron chi connectivity index (χ1n) is 4.86. The van der Waals surface area contributed by atoms with Gasteiger partial charge in [-0.25, -0.2) is 4.79 Å². The van der Waals surface area contributed by atoms with Crippen molar-refractivity contribution >= 4 is 27.8 Å². The van der Waals surface area contributed by atoms with Crippen molar-refractivity contribution in [2.75, 3.05) is 13.2 Å². The van der Waals surface area contributed by atoms with Crippen molar-refractivity contribution in [3.8, 4) is 0 Å². The molecule has 0 aliphatic carbocycles. The number of halogens is 1. The molecule has 1 aromatic rings. The van der Waals surface area contributed by atoms with E-state index in [1.807, 2.05) is 0 Å². The summed E-state index contributed by atoms with van der Waals surface area (Å²) in [6, 6.07) is 0. The van der Waals surface area contributed by atoms with Gasteiger partial charge >= 0.3 is 5.97 Å². The van der Waals surface area contributed by atoms with Gasteiger partial charge in [0.15, 0.2) is 5.69 Å². The van der Waals surface area contributed by atoms with Gasteiger partial charge in [-0.05, 0) is 22.9 Å². The lowest BCUT2D eigenvalue weighted by Gasteiger charge is -2.13. The van der Waals surface area contributed by atoms with Crippen LogP contribution < -0.4 is 5.32 Å². The Labute approximate surface area is 100 Å². The molecule has 86 valence electrons. The molecule has 0 aromatic carbocycles. The number of aromatic nitrogens is 2. The molecular weight excluding hydrogens is 278 g/mol. The van der Waals surface area contributed by atoms with Gasteiger partial charge in [0.2, 0.25) is 0 Å². The predicted octanol–water partition coefficient (Wildman–Crippen LogP) is 0.566. The lowest BCUT2D eigenvalue weighted by Crippen LogP contribution is -2.35. The van der Waals surface area contributed by atoms with E-state index in [0.717, 1.165) is 0 Å². The predicted molar refractivity (Wildman–Crippen MR) is 58.2 cm³/mol. The smallest absolute Gasteiger partial charge is 0.360 e. The van der Waals surface area contributed by atoms with Crippen molar-refractivity contribution in [1.82, 2.24) is 15.1 Å². The number of fused-ring (bicyclic) bond motifs is 1. The van der Waals surface area contributed by atoms with Crippen molar-refractivity contribution < 1.29 is 14.3 Å². The Kier molecular flexibility index (Phi) is 2.95. The lowest BCUT2D eigenvalue weighted by molar-refractivity contribution is 0.0517. The molecule has 1 aliphatic rings. The minimum atomic E-state index is -0.524. The Bertz CT molecular complexity index is 455. The van der Waals surface area contributed by atoms with Crippen LogP contribution in [0.5, 0.6) is 0 Å². The molecule has 0 atom stereocenters. The summed E-state index contributed by atoms with van der Waals surface area (Å²) in [4.78, 5) is 23.1. The summed E-state index contributed by atoms with van der Waals surface area (Å²) in [6.07, 6.45) is 0. The second-order valence-corrected chi connectivity index (χ2v) is 4.00. The van der Waals surface area contributed by atoms with E-state index in [9.17, 15) is 9.59 Å². The molecule has 0 unspecified atom stereocenters. The van der Waals surface area contributed by atoms with E-state index in [4.69, 9.17) is 4.74 Å². The molecule has 16 heavy (non-hydrogen) atoms. The molecule has 1 aliphatic heterocycles. The van der Waals surface area contributed by atoms with Gasteiger partial charge in [-0.3, -0.25) is 9.48 Å². The minimum absolute atomic E-state index is 0.147. The standard InChI is InChI=1S/C9H10BrN3O3/c1-2-16-9(15)6-5(10)7-8(14)11-3-4-13(7)12-6/h2-4H2,1H3,(H,11,14). The molecule has 1 amide bonds. The quantitative estimate of drug-likeness (QED) is 0.807. The molecule has 1 aromatic heterocycles. The number of nitrogens with zero attached hydrogens (tertiary/aromatic N) is 2. The highest BCUT2D eigenvalue weighted by Crippen LogP contribution is 2.23. The number of ether oxygens (including phenoxy) is 1. The van der Waals surface area contributed by atoms with Crippen LogP contribution in [0.3, 0.4) is 0 Å². The number of esters is 1. The van der Waals surface area contributed by atoms with Gasteiger partial charge < -0.3 is 10.1 Å². The topological polar surface area (TPSA) is 73.2 Å². The normalized spacial score (nSPS) is 14.2. The van der Waals surface area contributed by atoms with E-state index in [1.165, 1.54) is 4.68 Å². The first-order chi connectivity index (χ1) is 7.65. The highest BCUT2D eigenvalue weighted by Gasteiger charge is 2.28. The molecule has 0 bridgehead atoms. The van der Waals surface area contributed by atoms with E-state index in [2.05, 4.69) is 26.3 Å². The fourth-order valence-corrected chi connectivity index (χ4v) is 2.13. The van der Waals surface area contributed by atoms with Crippen molar-refractivity contribution in [2.24, 2.45) is 0 Å². The molecule has 0 fully saturated rings. The van der Waals surface area contributed by atoms with Crippen LogP contribution in [0.4, 0.5) is 0 Å². The van der Waals surface area contributed by atoms with Gasteiger partial charge in [0.05, 0.1) is 17.6 Å². The van der Waals surface area contributed by atoms with Gasteiger partial charge in [-0.2, -0.15) is 5.10 Å². The number of carbonyl (C=O) groups excluding carboxylic acids is 2. The third-order valence-corrected chi connectivity index (χ3v) is 2.94. The van der Waals surface area contributed by atoms with E-state index < -0.39 is 5.97 Å². The third-order valence-electron chi connectivity index (χ3n) is 2.19. The zero-order chi connectivity index (χ0) is 11.7. The Balaban J connectivity index is 2.42. The minimum Gasteiger partial charge on any atom is -0.461 e. The van der Waals surface area contributed by atoms with E-state index in [-0.39, 0.29) is 18.2 Å². The summed E-state index contributed by atoms with van der Waals surface area (Å²) >= 11 is 3.20. The SMILES string of the molecule is CCOC(=O)c1nn2c(c1Br)C(=O)NCC2. The summed E-state index contributed by atoms with van der Waals surface area (Å²) in [7, 11) is 0. The van der Waals surface area contributed by atoms with Crippen molar-refractivity contribution in [2.45, 2.75) is 13.5 Å². The third kappa shape index (κ3) is 1.71. The monoisotopic (exact) mass is 287 g/mol. The first kappa shape index (κ1) is 11.1. The molecule has 7 heteroatoms. The summed E-state index contributed by atoms with van der Waals surface area (Å²) < 4.78 is 6.75. The summed E-state index contributed by atoms with van der Waals surface area (Å²) in [5, 5.41) is 6.74. The largest absolute Gasteiger partial charge is 0.461 e. The molecule has 0 saturated carbocycles. The van der Waals surface area contributed by atoms with Gasteiger partial charge in [-0.15, -0.1) is 0 Å². The Hall–Kier alpha value is -1.37. The Morgan fingerprint density at radius 2 is 2.44 bits per heavy atom.